The fraction of sp³-hybridized carbons (Fsp3) is 0.350. The molecule has 0 radical (unpaired) electrons. The van der Waals surface area contributed by atoms with E-state index >= 15 is 0 Å². The largest absolute Gasteiger partial charge is 0.495 e. The lowest BCUT2D eigenvalue weighted by atomic mass is 10.2. The fourth-order valence-electron chi connectivity index (χ4n) is 2.68. The van der Waals surface area contributed by atoms with E-state index in [1.54, 1.807) is 25.1 Å². The average Bonchev–Trinajstić information content (AvgIpc) is 2.70. The van der Waals surface area contributed by atoms with Crippen LogP contribution in [-0.4, -0.2) is 41.6 Å². The zero-order valence-corrected chi connectivity index (χ0v) is 18.4. The molecule has 1 N–H and O–H groups in total. The second-order valence-corrected chi connectivity index (χ2v) is 8.57. The molecule has 7 nitrogen and oxygen atoms in total. The predicted molar refractivity (Wildman–Crippen MR) is 114 cm³/mol. The number of rotatable bonds is 9. The summed E-state index contributed by atoms with van der Waals surface area (Å²) in [6.45, 7) is 3.74. The van der Waals surface area contributed by atoms with Gasteiger partial charge in [-0.25, -0.2) is 8.42 Å². The molecule has 0 aliphatic rings. The molecule has 0 fully saturated rings. The zero-order chi connectivity index (χ0) is 21.6. The molecule has 0 saturated heterocycles. The number of amides is 1. The van der Waals surface area contributed by atoms with E-state index in [1.165, 1.54) is 32.4 Å². The van der Waals surface area contributed by atoms with Crippen LogP contribution < -0.4 is 19.1 Å². The molecule has 0 bridgehead atoms. The summed E-state index contributed by atoms with van der Waals surface area (Å²) >= 11 is 6.20. The number of anilines is 1. The number of hydrogen-bond donors (Lipinski definition) is 1. The van der Waals surface area contributed by atoms with Gasteiger partial charge in [-0.1, -0.05) is 24.6 Å². The first kappa shape index (κ1) is 22.8. The predicted octanol–water partition coefficient (Wildman–Crippen LogP) is 3.39. The van der Waals surface area contributed by atoms with Crippen LogP contribution >= 0.6 is 11.6 Å². The van der Waals surface area contributed by atoms with E-state index in [1.807, 2.05) is 6.92 Å². The molecule has 29 heavy (non-hydrogen) atoms. The monoisotopic (exact) mass is 440 g/mol. The highest BCUT2D eigenvalue weighted by Gasteiger charge is 2.30. The first-order valence-corrected chi connectivity index (χ1v) is 10.8. The molecule has 1 amide bonds. The Labute approximate surface area is 176 Å². The highest BCUT2D eigenvalue weighted by molar-refractivity contribution is 7.93. The van der Waals surface area contributed by atoms with Crippen molar-refractivity contribution < 1.29 is 22.7 Å². The lowest BCUT2D eigenvalue weighted by Crippen LogP contribution is -2.41. The molecule has 0 heterocycles. The zero-order valence-electron chi connectivity index (χ0n) is 16.9. The Morgan fingerprint density at radius 3 is 2.34 bits per heavy atom. The molecule has 0 aliphatic carbocycles. The summed E-state index contributed by atoms with van der Waals surface area (Å²) in [5.41, 5.74) is 0.985. The smallest absolute Gasteiger partial charge is 0.268 e. The Balaban J connectivity index is 2.58. The molecule has 0 saturated carbocycles. The number of aryl methyl sites for hydroxylation is 1. The van der Waals surface area contributed by atoms with Crippen LogP contribution in [-0.2, 0) is 14.8 Å². The van der Waals surface area contributed by atoms with Crippen LogP contribution in [0, 0.1) is 6.92 Å². The highest BCUT2D eigenvalue weighted by Crippen LogP contribution is 2.34. The van der Waals surface area contributed by atoms with Crippen LogP contribution in [0.4, 0.5) is 5.69 Å². The Bertz CT molecular complexity index is 979. The number of sulfonamides is 1. The Morgan fingerprint density at radius 1 is 1.10 bits per heavy atom. The minimum atomic E-state index is -4.13. The van der Waals surface area contributed by atoms with Crippen molar-refractivity contribution >= 4 is 33.2 Å². The van der Waals surface area contributed by atoms with E-state index in [0.29, 0.717) is 12.3 Å². The quantitative estimate of drug-likeness (QED) is 0.646. The van der Waals surface area contributed by atoms with Gasteiger partial charge in [-0.3, -0.25) is 9.10 Å². The molecule has 0 aliphatic heterocycles. The van der Waals surface area contributed by atoms with E-state index < -0.39 is 22.5 Å². The van der Waals surface area contributed by atoms with Gasteiger partial charge >= 0.3 is 0 Å². The third-order valence-electron chi connectivity index (χ3n) is 4.17. The van der Waals surface area contributed by atoms with Crippen molar-refractivity contribution in [3.8, 4) is 11.5 Å². The number of nitrogens with zero attached hydrogens (tertiary/aromatic N) is 1. The Kier molecular flexibility index (Phi) is 7.75. The van der Waals surface area contributed by atoms with Crippen LogP contribution in [0.1, 0.15) is 18.9 Å². The summed E-state index contributed by atoms with van der Waals surface area (Å²) < 4.78 is 38.5. The molecule has 0 atom stereocenters. The average molecular weight is 441 g/mol. The number of carbonyl (C=O) groups is 1. The molecule has 0 unspecified atom stereocenters. The van der Waals surface area contributed by atoms with Gasteiger partial charge in [-0.15, -0.1) is 0 Å². The standard InChI is InChI=1S/C20H25ClN2O5S/c1-5-10-22-20(24)13-23(15-7-9-17(27-3)16(21)12-15)29(25,26)19-11-14(2)6-8-18(19)28-4/h6-9,11-12H,5,10,13H2,1-4H3,(H,22,24). The van der Waals surface area contributed by atoms with Crippen molar-refractivity contribution in [1.82, 2.24) is 5.32 Å². The van der Waals surface area contributed by atoms with Crippen molar-refractivity contribution in [2.75, 3.05) is 31.6 Å². The Morgan fingerprint density at radius 2 is 1.76 bits per heavy atom. The lowest BCUT2D eigenvalue weighted by Gasteiger charge is -2.25. The van der Waals surface area contributed by atoms with Crippen molar-refractivity contribution in [2.45, 2.75) is 25.2 Å². The number of methoxy groups -OCH3 is 2. The molecule has 2 aromatic carbocycles. The minimum Gasteiger partial charge on any atom is -0.495 e. The number of carbonyl (C=O) groups excluding carboxylic acids is 1. The molecule has 2 aromatic rings. The maximum Gasteiger partial charge on any atom is 0.268 e. The number of ether oxygens (including phenoxy) is 2. The highest BCUT2D eigenvalue weighted by atomic mass is 35.5. The van der Waals surface area contributed by atoms with Crippen LogP contribution in [0.5, 0.6) is 11.5 Å². The molecular weight excluding hydrogens is 416 g/mol. The van der Waals surface area contributed by atoms with Gasteiger partial charge in [0.15, 0.2) is 0 Å². The second kappa shape index (κ2) is 9.84. The van der Waals surface area contributed by atoms with Crippen LogP contribution in [0.15, 0.2) is 41.3 Å². The molecule has 0 aromatic heterocycles. The van der Waals surface area contributed by atoms with E-state index in [0.717, 1.165) is 16.3 Å². The number of hydrogen-bond acceptors (Lipinski definition) is 5. The molecule has 9 heteroatoms. The maximum atomic E-state index is 13.5. The summed E-state index contributed by atoms with van der Waals surface area (Å²) in [4.78, 5) is 12.4. The van der Waals surface area contributed by atoms with Gasteiger partial charge in [-0.2, -0.15) is 0 Å². The molecule has 2 rings (SSSR count). The van der Waals surface area contributed by atoms with Crippen molar-refractivity contribution in [2.24, 2.45) is 0 Å². The maximum absolute atomic E-state index is 13.5. The normalized spacial score (nSPS) is 11.1. The molecule has 158 valence electrons. The van der Waals surface area contributed by atoms with Crippen LogP contribution in [0.25, 0.3) is 0 Å². The van der Waals surface area contributed by atoms with E-state index in [4.69, 9.17) is 21.1 Å². The van der Waals surface area contributed by atoms with Crippen molar-refractivity contribution in [3.05, 3.63) is 47.0 Å². The second-order valence-electron chi connectivity index (χ2n) is 6.33. The van der Waals surface area contributed by atoms with Gasteiger partial charge in [-0.05, 0) is 49.2 Å². The lowest BCUT2D eigenvalue weighted by molar-refractivity contribution is -0.119. The third kappa shape index (κ3) is 5.33. The number of nitrogens with one attached hydrogen (secondary N) is 1. The van der Waals surface area contributed by atoms with E-state index in [2.05, 4.69) is 5.32 Å². The van der Waals surface area contributed by atoms with E-state index in [9.17, 15) is 13.2 Å². The van der Waals surface area contributed by atoms with Gasteiger partial charge in [0.1, 0.15) is 22.9 Å². The minimum absolute atomic E-state index is 0.0322. The summed E-state index contributed by atoms with van der Waals surface area (Å²) in [5, 5.41) is 2.93. The van der Waals surface area contributed by atoms with Crippen molar-refractivity contribution in [1.29, 1.82) is 0 Å². The first-order chi connectivity index (χ1) is 13.7. The number of halogens is 1. The topological polar surface area (TPSA) is 84.9 Å². The van der Waals surface area contributed by atoms with E-state index in [-0.39, 0.29) is 21.4 Å². The molecular formula is C20H25ClN2O5S. The fourth-order valence-corrected chi connectivity index (χ4v) is 4.59. The summed E-state index contributed by atoms with van der Waals surface area (Å²) in [6, 6.07) is 9.39. The van der Waals surface area contributed by atoms with Gasteiger partial charge in [0.25, 0.3) is 10.0 Å². The first-order valence-electron chi connectivity index (χ1n) is 9.02. The van der Waals surface area contributed by atoms with Gasteiger partial charge in [0.2, 0.25) is 5.91 Å². The van der Waals surface area contributed by atoms with Gasteiger partial charge in [0.05, 0.1) is 24.9 Å². The SMILES string of the molecule is CCCNC(=O)CN(c1ccc(OC)c(Cl)c1)S(=O)(=O)c1cc(C)ccc1OC. The molecule has 0 spiro atoms. The van der Waals surface area contributed by atoms with Crippen molar-refractivity contribution in [3.63, 3.8) is 0 Å². The van der Waals surface area contributed by atoms with Crippen LogP contribution in [0.3, 0.4) is 0 Å². The summed E-state index contributed by atoms with van der Waals surface area (Å²) in [7, 11) is -1.27. The van der Waals surface area contributed by atoms with Crippen LogP contribution in [0.2, 0.25) is 5.02 Å². The Hall–Kier alpha value is -2.45. The third-order valence-corrected chi connectivity index (χ3v) is 6.26. The number of benzene rings is 2. The van der Waals surface area contributed by atoms with Gasteiger partial charge in [0, 0.05) is 6.54 Å². The summed E-state index contributed by atoms with van der Waals surface area (Å²) in [6.07, 6.45) is 0.735. The van der Waals surface area contributed by atoms with Gasteiger partial charge < -0.3 is 14.8 Å². The summed E-state index contributed by atoms with van der Waals surface area (Å²) in [5.74, 6) is 0.166.